The molecule has 0 radical (unpaired) electrons. The number of hydrogen-bond acceptors (Lipinski definition) is 2. The van der Waals surface area contributed by atoms with Crippen molar-refractivity contribution in [3.63, 3.8) is 0 Å². The second-order valence-corrected chi connectivity index (χ2v) is 4.58. The molecular weight excluding hydrogens is 132 g/mol. The fraction of sp³-hybridized carbons (Fsp3) is 1.00. The van der Waals surface area contributed by atoms with Crippen LogP contribution in [0.15, 0.2) is 0 Å². The van der Waals surface area contributed by atoms with Crippen LogP contribution in [0.25, 0.3) is 0 Å². The Balaban J connectivity index is 2.03. The summed E-state index contributed by atoms with van der Waals surface area (Å²) in [6.07, 6.45) is 4.81. The average Bonchev–Trinajstić information content (AvgIpc) is 2.60. The zero-order chi connectivity index (χ0) is 6.32. The van der Waals surface area contributed by atoms with E-state index in [1.165, 1.54) is 25.0 Å². The van der Waals surface area contributed by atoms with E-state index in [9.17, 15) is 5.11 Å². The molecule has 1 atom stereocenters. The van der Waals surface area contributed by atoms with Gasteiger partial charge >= 0.3 is 0 Å². The maximum atomic E-state index is 9.48. The van der Waals surface area contributed by atoms with Crippen molar-refractivity contribution in [2.45, 2.75) is 36.5 Å². The van der Waals surface area contributed by atoms with Gasteiger partial charge in [-0.05, 0) is 31.4 Å². The number of aliphatic hydroxyl groups excluding tert-OH is 1. The molecule has 1 saturated carbocycles. The van der Waals surface area contributed by atoms with Gasteiger partial charge in [0.05, 0.1) is 6.10 Å². The molecular formula is C7H12OS. The molecule has 1 unspecified atom stereocenters. The van der Waals surface area contributed by atoms with Gasteiger partial charge in [-0.15, -0.1) is 0 Å². The van der Waals surface area contributed by atoms with Gasteiger partial charge in [0.1, 0.15) is 0 Å². The van der Waals surface area contributed by atoms with Crippen molar-refractivity contribution in [1.29, 1.82) is 0 Å². The van der Waals surface area contributed by atoms with Crippen molar-refractivity contribution < 1.29 is 5.11 Å². The smallest absolute Gasteiger partial charge is 0.0687 e. The SMILES string of the molecule is OC1CCCSC12CC2. The molecule has 52 valence electrons. The van der Waals surface area contributed by atoms with Crippen molar-refractivity contribution in [3.05, 3.63) is 0 Å². The zero-order valence-corrected chi connectivity index (χ0v) is 6.28. The zero-order valence-electron chi connectivity index (χ0n) is 5.47. The average molecular weight is 144 g/mol. The minimum Gasteiger partial charge on any atom is -0.392 e. The molecule has 0 aromatic rings. The highest BCUT2D eigenvalue weighted by Crippen LogP contribution is 2.54. The van der Waals surface area contributed by atoms with E-state index in [-0.39, 0.29) is 6.10 Å². The topological polar surface area (TPSA) is 20.2 Å². The van der Waals surface area contributed by atoms with Crippen molar-refractivity contribution in [1.82, 2.24) is 0 Å². The lowest BCUT2D eigenvalue weighted by atomic mass is 10.1. The van der Waals surface area contributed by atoms with Crippen molar-refractivity contribution >= 4 is 11.8 Å². The summed E-state index contributed by atoms with van der Waals surface area (Å²) in [4.78, 5) is 0. The monoisotopic (exact) mass is 144 g/mol. The van der Waals surface area contributed by atoms with E-state index in [0.29, 0.717) is 4.75 Å². The largest absolute Gasteiger partial charge is 0.392 e. The van der Waals surface area contributed by atoms with Crippen LogP contribution in [0.1, 0.15) is 25.7 Å². The quantitative estimate of drug-likeness (QED) is 0.554. The van der Waals surface area contributed by atoms with Gasteiger partial charge in [-0.25, -0.2) is 0 Å². The summed E-state index contributed by atoms with van der Waals surface area (Å²) in [6.45, 7) is 0. The highest BCUT2D eigenvalue weighted by Gasteiger charge is 2.50. The third kappa shape index (κ3) is 0.887. The fourth-order valence-electron chi connectivity index (χ4n) is 1.51. The Hall–Kier alpha value is 0.310. The predicted octanol–water partition coefficient (Wildman–Crippen LogP) is 1.41. The van der Waals surface area contributed by atoms with Crippen LogP contribution in [0.4, 0.5) is 0 Å². The van der Waals surface area contributed by atoms with Gasteiger partial charge < -0.3 is 5.11 Å². The van der Waals surface area contributed by atoms with Crippen molar-refractivity contribution in [2.24, 2.45) is 0 Å². The first-order chi connectivity index (χ1) is 4.33. The number of aliphatic hydroxyl groups is 1. The summed E-state index contributed by atoms with van der Waals surface area (Å²) in [5.74, 6) is 1.27. The Morgan fingerprint density at radius 1 is 1.44 bits per heavy atom. The van der Waals surface area contributed by atoms with E-state index >= 15 is 0 Å². The molecule has 0 bridgehead atoms. The fourth-order valence-corrected chi connectivity index (χ4v) is 2.93. The molecule has 1 saturated heterocycles. The van der Waals surface area contributed by atoms with Crippen LogP contribution in [0, 0.1) is 0 Å². The second-order valence-electron chi connectivity index (χ2n) is 3.07. The van der Waals surface area contributed by atoms with Crippen LogP contribution >= 0.6 is 11.8 Å². The molecule has 2 rings (SSSR count). The number of rotatable bonds is 0. The molecule has 1 heterocycles. The molecule has 1 spiro atoms. The molecule has 1 aliphatic carbocycles. The maximum absolute atomic E-state index is 9.48. The third-order valence-corrected chi connectivity index (χ3v) is 4.11. The Morgan fingerprint density at radius 3 is 2.67 bits per heavy atom. The molecule has 0 aromatic heterocycles. The molecule has 1 aliphatic heterocycles. The van der Waals surface area contributed by atoms with Gasteiger partial charge in [-0.1, -0.05) is 0 Å². The maximum Gasteiger partial charge on any atom is 0.0687 e. The van der Waals surface area contributed by atoms with Crippen LogP contribution in [-0.4, -0.2) is 21.7 Å². The molecule has 2 fully saturated rings. The van der Waals surface area contributed by atoms with Gasteiger partial charge in [0.25, 0.3) is 0 Å². The Labute approximate surface area is 59.8 Å². The lowest BCUT2D eigenvalue weighted by Gasteiger charge is -2.26. The van der Waals surface area contributed by atoms with Gasteiger partial charge in [-0.2, -0.15) is 11.8 Å². The van der Waals surface area contributed by atoms with Crippen LogP contribution in [0.5, 0.6) is 0 Å². The van der Waals surface area contributed by atoms with Gasteiger partial charge in [0.15, 0.2) is 0 Å². The first-order valence-corrected chi connectivity index (χ1v) is 4.64. The highest BCUT2D eigenvalue weighted by atomic mass is 32.2. The molecule has 2 aliphatic rings. The minimum atomic E-state index is 0.0243. The van der Waals surface area contributed by atoms with Crippen LogP contribution in [-0.2, 0) is 0 Å². The Kier molecular flexibility index (Phi) is 1.27. The van der Waals surface area contributed by atoms with Crippen LogP contribution < -0.4 is 0 Å². The molecule has 9 heavy (non-hydrogen) atoms. The second kappa shape index (κ2) is 1.89. The first kappa shape index (κ1) is 6.05. The van der Waals surface area contributed by atoms with E-state index in [1.807, 2.05) is 11.8 Å². The summed E-state index contributed by atoms with van der Waals surface area (Å²) in [5.41, 5.74) is 0. The lowest BCUT2D eigenvalue weighted by molar-refractivity contribution is 0.149. The van der Waals surface area contributed by atoms with Gasteiger partial charge in [0, 0.05) is 4.75 Å². The minimum absolute atomic E-state index is 0.0243. The Morgan fingerprint density at radius 2 is 2.22 bits per heavy atom. The van der Waals surface area contributed by atoms with Crippen molar-refractivity contribution in [2.75, 3.05) is 5.75 Å². The van der Waals surface area contributed by atoms with E-state index < -0.39 is 0 Å². The van der Waals surface area contributed by atoms with E-state index in [1.54, 1.807) is 0 Å². The summed E-state index contributed by atoms with van der Waals surface area (Å²) in [5, 5.41) is 9.48. The molecule has 0 aromatic carbocycles. The third-order valence-electron chi connectivity index (χ3n) is 2.36. The van der Waals surface area contributed by atoms with Gasteiger partial charge in [0.2, 0.25) is 0 Å². The molecule has 1 nitrogen and oxygen atoms in total. The normalized spacial score (nSPS) is 39.0. The van der Waals surface area contributed by atoms with Crippen LogP contribution in [0.2, 0.25) is 0 Å². The van der Waals surface area contributed by atoms with E-state index in [0.717, 1.165) is 6.42 Å². The number of hydrogen-bond donors (Lipinski definition) is 1. The first-order valence-electron chi connectivity index (χ1n) is 3.66. The summed E-state index contributed by atoms with van der Waals surface area (Å²) >= 11 is 1.99. The standard InChI is InChI=1S/C7H12OS/c8-6-2-1-5-9-7(6)3-4-7/h6,8H,1-5H2. The highest BCUT2D eigenvalue weighted by molar-refractivity contribution is 8.01. The lowest BCUT2D eigenvalue weighted by Crippen LogP contribution is -2.28. The molecule has 0 amide bonds. The number of thioether (sulfide) groups is 1. The van der Waals surface area contributed by atoms with E-state index in [2.05, 4.69) is 0 Å². The van der Waals surface area contributed by atoms with Crippen molar-refractivity contribution in [3.8, 4) is 0 Å². The van der Waals surface area contributed by atoms with Crippen LogP contribution in [0.3, 0.4) is 0 Å². The molecule has 1 N–H and O–H groups in total. The van der Waals surface area contributed by atoms with Gasteiger partial charge in [-0.3, -0.25) is 0 Å². The summed E-state index contributed by atoms with van der Waals surface area (Å²) in [7, 11) is 0. The Bertz CT molecular complexity index is 120. The summed E-state index contributed by atoms with van der Waals surface area (Å²) < 4.78 is 0.359. The molecule has 2 heteroatoms. The predicted molar refractivity (Wildman–Crippen MR) is 39.7 cm³/mol. The summed E-state index contributed by atoms with van der Waals surface area (Å²) in [6, 6.07) is 0. The van der Waals surface area contributed by atoms with E-state index in [4.69, 9.17) is 0 Å².